The lowest BCUT2D eigenvalue weighted by molar-refractivity contribution is 0.129. The topological polar surface area (TPSA) is 21.6 Å². The standard InChI is InChI=1S/C16H15F2NO/c1-2-12-5-3-6-13(9-12)10-19-20-11-14-7-4-8-15(17)16(14)18/h3-10H,2,11H2,1H3. The first kappa shape index (κ1) is 14.2. The molecule has 0 aliphatic carbocycles. The predicted molar refractivity (Wildman–Crippen MR) is 74.6 cm³/mol. The van der Waals surface area contributed by atoms with E-state index in [-0.39, 0.29) is 12.2 Å². The second kappa shape index (κ2) is 6.80. The highest BCUT2D eigenvalue weighted by atomic mass is 19.2. The van der Waals surface area contributed by atoms with Gasteiger partial charge in [-0.15, -0.1) is 0 Å². The van der Waals surface area contributed by atoms with E-state index < -0.39 is 11.6 Å². The van der Waals surface area contributed by atoms with Gasteiger partial charge in [0.1, 0.15) is 6.61 Å². The molecule has 0 unspecified atom stereocenters. The van der Waals surface area contributed by atoms with Crippen LogP contribution in [0.3, 0.4) is 0 Å². The fraction of sp³-hybridized carbons (Fsp3) is 0.188. The molecular weight excluding hydrogens is 260 g/mol. The number of aryl methyl sites for hydroxylation is 1. The Morgan fingerprint density at radius 1 is 1.15 bits per heavy atom. The van der Waals surface area contributed by atoms with Gasteiger partial charge in [0.25, 0.3) is 0 Å². The Kier molecular flexibility index (Phi) is 4.82. The van der Waals surface area contributed by atoms with Crippen molar-refractivity contribution in [2.45, 2.75) is 20.0 Å². The van der Waals surface area contributed by atoms with Crippen molar-refractivity contribution in [2.24, 2.45) is 5.16 Å². The van der Waals surface area contributed by atoms with Gasteiger partial charge in [-0.1, -0.05) is 48.5 Å². The number of nitrogens with zero attached hydrogens (tertiary/aromatic N) is 1. The summed E-state index contributed by atoms with van der Waals surface area (Å²) in [6.45, 7) is 1.97. The average molecular weight is 275 g/mol. The Labute approximate surface area is 116 Å². The summed E-state index contributed by atoms with van der Waals surface area (Å²) < 4.78 is 26.3. The molecule has 2 rings (SSSR count). The van der Waals surface area contributed by atoms with E-state index >= 15 is 0 Å². The monoisotopic (exact) mass is 275 g/mol. The van der Waals surface area contributed by atoms with Gasteiger partial charge in [0.2, 0.25) is 0 Å². The number of benzene rings is 2. The molecule has 0 N–H and O–H groups in total. The van der Waals surface area contributed by atoms with Crippen molar-refractivity contribution in [2.75, 3.05) is 0 Å². The summed E-state index contributed by atoms with van der Waals surface area (Å²) in [5, 5.41) is 3.77. The Morgan fingerprint density at radius 2 is 1.95 bits per heavy atom. The van der Waals surface area contributed by atoms with Gasteiger partial charge in [0, 0.05) is 5.56 Å². The van der Waals surface area contributed by atoms with Crippen molar-refractivity contribution in [3.8, 4) is 0 Å². The van der Waals surface area contributed by atoms with Crippen LogP contribution in [0.1, 0.15) is 23.6 Å². The first-order chi connectivity index (χ1) is 9.70. The summed E-state index contributed by atoms with van der Waals surface area (Å²) in [6.07, 6.45) is 2.49. The molecule has 2 nitrogen and oxygen atoms in total. The van der Waals surface area contributed by atoms with Gasteiger partial charge in [-0.05, 0) is 23.6 Å². The third-order valence-corrected chi connectivity index (χ3v) is 2.89. The van der Waals surface area contributed by atoms with Crippen LogP contribution < -0.4 is 0 Å². The molecule has 0 saturated carbocycles. The molecule has 0 aliphatic rings. The molecule has 0 amide bonds. The summed E-state index contributed by atoms with van der Waals surface area (Å²) in [4.78, 5) is 5.00. The Hall–Kier alpha value is -2.23. The van der Waals surface area contributed by atoms with Crippen LogP contribution in [0.5, 0.6) is 0 Å². The van der Waals surface area contributed by atoms with Crippen LogP contribution in [-0.4, -0.2) is 6.21 Å². The highest BCUT2D eigenvalue weighted by Crippen LogP contribution is 2.12. The zero-order chi connectivity index (χ0) is 14.4. The largest absolute Gasteiger partial charge is 0.391 e. The Balaban J connectivity index is 1.95. The molecule has 104 valence electrons. The highest BCUT2D eigenvalue weighted by molar-refractivity contribution is 5.79. The lowest BCUT2D eigenvalue weighted by Crippen LogP contribution is -1.95. The molecule has 2 aromatic carbocycles. The van der Waals surface area contributed by atoms with Gasteiger partial charge in [-0.25, -0.2) is 8.78 Å². The normalized spacial score (nSPS) is 10.9. The third-order valence-electron chi connectivity index (χ3n) is 2.89. The van der Waals surface area contributed by atoms with E-state index in [0.717, 1.165) is 18.1 Å². The van der Waals surface area contributed by atoms with E-state index in [1.807, 2.05) is 24.3 Å². The molecule has 2 aromatic rings. The van der Waals surface area contributed by atoms with Crippen molar-refractivity contribution < 1.29 is 13.6 Å². The van der Waals surface area contributed by atoms with Crippen LogP contribution in [-0.2, 0) is 17.9 Å². The zero-order valence-corrected chi connectivity index (χ0v) is 11.1. The fourth-order valence-corrected chi connectivity index (χ4v) is 1.76. The van der Waals surface area contributed by atoms with Crippen LogP contribution in [0, 0.1) is 11.6 Å². The summed E-state index contributed by atoms with van der Waals surface area (Å²) in [7, 11) is 0. The fourth-order valence-electron chi connectivity index (χ4n) is 1.76. The van der Waals surface area contributed by atoms with Crippen LogP contribution in [0.2, 0.25) is 0 Å². The Bertz CT molecular complexity index is 611. The van der Waals surface area contributed by atoms with Crippen LogP contribution in [0.25, 0.3) is 0 Å². The first-order valence-electron chi connectivity index (χ1n) is 6.38. The molecule has 0 aromatic heterocycles. The summed E-state index contributed by atoms with van der Waals surface area (Å²) in [6, 6.07) is 11.8. The highest BCUT2D eigenvalue weighted by Gasteiger charge is 2.07. The van der Waals surface area contributed by atoms with E-state index in [2.05, 4.69) is 12.1 Å². The second-order valence-corrected chi connectivity index (χ2v) is 4.32. The van der Waals surface area contributed by atoms with Gasteiger partial charge >= 0.3 is 0 Å². The van der Waals surface area contributed by atoms with Gasteiger partial charge in [0.05, 0.1) is 6.21 Å². The van der Waals surface area contributed by atoms with E-state index in [1.165, 1.54) is 17.7 Å². The van der Waals surface area contributed by atoms with Crippen molar-refractivity contribution in [1.29, 1.82) is 0 Å². The second-order valence-electron chi connectivity index (χ2n) is 4.32. The van der Waals surface area contributed by atoms with Crippen molar-refractivity contribution in [3.05, 3.63) is 70.8 Å². The molecule has 0 spiro atoms. The maximum absolute atomic E-state index is 13.3. The molecule has 0 fully saturated rings. The quantitative estimate of drug-likeness (QED) is 0.595. The molecule has 0 aliphatic heterocycles. The summed E-state index contributed by atoms with van der Waals surface area (Å²) in [5.41, 5.74) is 2.25. The minimum atomic E-state index is -0.893. The number of hydrogen-bond acceptors (Lipinski definition) is 2. The van der Waals surface area contributed by atoms with Gasteiger partial charge in [-0.2, -0.15) is 0 Å². The van der Waals surface area contributed by atoms with E-state index in [0.29, 0.717) is 0 Å². The number of hydrogen-bond donors (Lipinski definition) is 0. The molecule has 0 atom stereocenters. The average Bonchev–Trinajstić information content (AvgIpc) is 2.48. The summed E-state index contributed by atoms with van der Waals surface area (Å²) >= 11 is 0. The molecular formula is C16H15F2NO. The molecule has 0 heterocycles. The van der Waals surface area contributed by atoms with Crippen molar-refractivity contribution >= 4 is 6.21 Å². The maximum Gasteiger partial charge on any atom is 0.165 e. The van der Waals surface area contributed by atoms with E-state index in [1.54, 1.807) is 6.21 Å². The zero-order valence-electron chi connectivity index (χ0n) is 11.1. The third kappa shape index (κ3) is 3.63. The minimum absolute atomic E-state index is 0.104. The first-order valence-corrected chi connectivity index (χ1v) is 6.38. The molecule has 0 saturated heterocycles. The van der Waals surface area contributed by atoms with Crippen LogP contribution in [0.4, 0.5) is 8.78 Å². The van der Waals surface area contributed by atoms with E-state index in [9.17, 15) is 8.78 Å². The van der Waals surface area contributed by atoms with Crippen molar-refractivity contribution in [3.63, 3.8) is 0 Å². The SMILES string of the molecule is CCc1cccc(C=NOCc2cccc(F)c2F)c1. The molecule has 20 heavy (non-hydrogen) atoms. The van der Waals surface area contributed by atoms with Gasteiger partial charge in [-0.3, -0.25) is 0 Å². The van der Waals surface area contributed by atoms with Gasteiger partial charge in [0.15, 0.2) is 11.6 Å². The molecule has 0 radical (unpaired) electrons. The lowest BCUT2D eigenvalue weighted by Gasteiger charge is -2.02. The van der Waals surface area contributed by atoms with Crippen molar-refractivity contribution in [1.82, 2.24) is 0 Å². The smallest absolute Gasteiger partial charge is 0.165 e. The number of halogens is 2. The summed E-state index contributed by atoms with van der Waals surface area (Å²) in [5.74, 6) is -1.78. The van der Waals surface area contributed by atoms with Gasteiger partial charge < -0.3 is 4.84 Å². The molecule has 4 heteroatoms. The van der Waals surface area contributed by atoms with Crippen LogP contribution in [0.15, 0.2) is 47.6 Å². The van der Waals surface area contributed by atoms with E-state index in [4.69, 9.17) is 4.84 Å². The number of rotatable bonds is 5. The minimum Gasteiger partial charge on any atom is -0.391 e. The molecule has 0 bridgehead atoms. The predicted octanol–water partition coefficient (Wildman–Crippen LogP) is 4.08. The lowest BCUT2D eigenvalue weighted by atomic mass is 10.1. The number of oxime groups is 1. The maximum atomic E-state index is 13.3. The van der Waals surface area contributed by atoms with Crippen LogP contribution >= 0.6 is 0 Å². The Morgan fingerprint density at radius 3 is 2.75 bits per heavy atom.